The summed E-state index contributed by atoms with van der Waals surface area (Å²) < 4.78 is 0. The Bertz CT molecular complexity index is 128. The van der Waals surface area contributed by atoms with E-state index < -0.39 is 0 Å². The van der Waals surface area contributed by atoms with Gasteiger partial charge in [-0.05, 0) is 30.6 Å². The molecule has 0 aromatic rings. The Kier molecular flexibility index (Phi) is 10.9. The van der Waals surface area contributed by atoms with Crippen LogP contribution in [0.3, 0.4) is 0 Å². The van der Waals surface area contributed by atoms with Crippen molar-refractivity contribution < 1.29 is 5.11 Å². The summed E-state index contributed by atoms with van der Waals surface area (Å²) in [5.41, 5.74) is 0. The fraction of sp³-hybridized carbons (Fsp3) is 1.00. The summed E-state index contributed by atoms with van der Waals surface area (Å²) in [5, 5.41) is 9.71. The van der Waals surface area contributed by atoms with E-state index in [1.807, 2.05) is 0 Å². The second-order valence-electron chi connectivity index (χ2n) is 4.39. The third kappa shape index (κ3) is 5.55. The van der Waals surface area contributed by atoms with Gasteiger partial charge in [-0.15, -0.1) is 0 Å². The summed E-state index contributed by atoms with van der Waals surface area (Å²) >= 11 is 0. The number of hydrogen-bond donors (Lipinski definition) is 1. The van der Waals surface area contributed by atoms with Crippen LogP contribution in [-0.2, 0) is 0 Å². The van der Waals surface area contributed by atoms with Crippen molar-refractivity contribution in [2.24, 2.45) is 17.8 Å². The second kappa shape index (κ2) is 8.15. The van der Waals surface area contributed by atoms with Gasteiger partial charge in [-0.1, -0.05) is 27.2 Å². The molecule has 0 spiro atoms. The minimum absolute atomic E-state index is 0. The Morgan fingerprint density at radius 3 is 2.08 bits per heavy atom. The van der Waals surface area contributed by atoms with Crippen molar-refractivity contribution in [3.8, 4) is 0 Å². The molecule has 0 unspecified atom stereocenters. The molecule has 1 N–H and O–H groups in total. The van der Waals surface area contributed by atoms with Gasteiger partial charge in [0.05, 0.1) is 6.10 Å². The SMILES string of the molecule is CC(C)[C@@H]1CC[C@@H](C)C[C@H]1O.[NaH].[NaH]. The Morgan fingerprint density at radius 1 is 1.15 bits per heavy atom. The average Bonchev–Trinajstić information content (AvgIpc) is 1.85. The molecule has 3 heteroatoms. The van der Waals surface area contributed by atoms with Crippen molar-refractivity contribution in [1.29, 1.82) is 0 Å². The summed E-state index contributed by atoms with van der Waals surface area (Å²) in [4.78, 5) is 0. The van der Waals surface area contributed by atoms with E-state index in [1.165, 1.54) is 12.8 Å². The molecule has 1 fully saturated rings. The van der Waals surface area contributed by atoms with E-state index in [1.54, 1.807) is 0 Å². The maximum atomic E-state index is 9.71. The third-order valence-corrected chi connectivity index (χ3v) is 2.99. The minimum atomic E-state index is -0.0289. The Balaban J connectivity index is 0. The van der Waals surface area contributed by atoms with Gasteiger partial charge in [-0.25, -0.2) is 0 Å². The zero-order valence-electron chi connectivity index (χ0n) is 7.88. The summed E-state index contributed by atoms with van der Waals surface area (Å²) in [7, 11) is 0. The van der Waals surface area contributed by atoms with E-state index >= 15 is 0 Å². The topological polar surface area (TPSA) is 20.2 Å². The molecule has 1 aliphatic rings. The van der Waals surface area contributed by atoms with Crippen LogP contribution in [0, 0.1) is 17.8 Å². The van der Waals surface area contributed by atoms with Crippen molar-refractivity contribution in [3.05, 3.63) is 0 Å². The van der Waals surface area contributed by atoms with Crippen molar-refractivity contribution in [3.63, 3.8) is 0 Å². The first-order chi connectivity index (χ1) is 5.11. The molecule has 1 rings (SSSR count). The molecule has 0 aromatic carbocycles. The van der Waals surface area contributed by atoms with Crippen molar-refractivity contribution in [1.82, 2.24) is 0 Å². The monoisotopic (exact) mass is 204 g/mol. The van der Waals surface area contributed by atoms with Gasteiger partial charge in [0.25, 0.3) is 0 Å². The molecule has 0 bridgehead atoms. The molecule has 0 heterocycles. The zero-order chi connectivity index (χ0) is 8.43. The van der Waals surface area contributed by atoms with E-state index in [4.69, 9.17) is 0 Å². The maximum absolute atomic E-state index is 9.71. The van der Waals surface area contributed by atoms with Crippen molar-refractivity contribution >= 4 is 59.1 Å². The van der Waals surface area contributed by atoms with Crippen LogP contribution < -0.4 is 0 Å². The summed E-state index contributed by atoms with van der Waals surface area (Å²) in [5.74, 6) is 1.95. The molecule has 1 nitrogen and oxygen atoms in total. The summed E-state index contributed by atoms with van der Waals surface area (Å²) in [6.07, 6.45) is 3.52. The molecule has 1 aliphatic carbocycles. The first-order valence-corrected chi connectivity index (χ1v) is 4.79. The molecule has 0 radical (unpaired) electrons. The Labute approximate surface area is 127 Å². The van der Waals surface area contributed by atoms with Gasteiger partial charge in [0.1, 0.15) is 0 Å². The van der Waals surface area contributed by atoms with E-state index in [0.29, 0.717) is 11.8 Å². The normalized spacial score (nSPS) is 33.5. The van der Waals surface area contributed by atoms with Crippen LogP contribution >= 0.6 is 0 Å². The molecule has 70 valence electrons. The van der Waals surface area contributed by atoms with Crippen LogP contribution in [0.4, 0.5) is 0 Å². The van der Waals surface area contributed by atoms with Gasteiger partial charge in [0.2, 0.25) is 0 Å². The number of aliphatic hydroxyl groups excluding tert-OH is 1. The van der Waals surface area contributed by atoms with Crippen LogP contribution in [-0.4, -0.2) is 70.3 Å². The van der Waals surface area contributed by atoms with Gasteiger partial charge in [-0.2, -0.15) is 0 Å². The predicted molar refractivity (Wildman–Crippen MR) is 61.6 cm³/mol. The van der Waals surface area contributed by atoms with Crippen LogP contribution in [0.15, 0.2) is 0 Å². The first kappa shape index (κ1) is 17.4. The number of hydrogen-bond acceptors (Lipinski definition) is 1. The molecule has 0 amide bonds. The Morgan fingerprint density at radius 2 is 1.69 bits per heavy atom. The molecule has 3 atom stereocenters. The second-order valence-corrected chi connectivity index (χ2v) is 4.39. The van der Waals surface area contributed by atoms with Crippen LogP contribution in [0.25, 0.3) is 0 Å². The number of rotatable bonds is 1. The summed E-state index contributed by atoms with van der Waals surface area (Å²) in [6, 6.07) is 0. The fourth-order valence-electron chi connectivity index (χ4n) is 2.15. The van der Waals surface area contributed by atoms with Crippen molar-refractivity contribution in [2.45, 2.75) is 46.1 Å². The number of aliphatic hydroxyl groups is 1. The van der Waals surface area contributed by atoms with Gasteiger partial charge in [0.15, 0.2) is 0 Å². The van der Waals surface area contributed by atoms with Gasteiger partial charge >= 0.3 is 59.1 Å². The average molecular weight is 204 g/mol. The zero-order valence-corrected chi connectivity index (χ0v) is 7.88. The first-order valence-electron chi connectivity index (χ1n) is 4.79. The standard InChI is InChI=1S/C10H20O.2Na.2H/c1-7(2)9-5-4-8(3)6-10(9)11;;;;/h7-11H,4-6H2,1-3H3;;;;/t8-,9+,10-;;;;/m1..../s1. The van der Waals surface area contributed by atoms with Crippen LogP contribution in [0.5, 0.6) is 0 Å². The third-order valence-electron chi connectivity index (χ3n) is 2.99. The van der Waals surface area contributed by atoms with Gasteiger partial charge in [-0.3, -0.25) is 0 Å². The summed E-state index contributed by atoms with van der Waals surface area (Å²) in [6.45, 7) is 6.66. The van der Waals surface area contributed by atoms with E-state index in [9.17, 15) is 5.11 Å². The van der Waals surface area contributed by atoms with Gasteiger partial charge in [0, 0.05) is 0 Å². The Hall–Kier alpha value is 1.96. The molecule has 0 aliphatic heterocycles. The molecular formula is C10H22Na2O. The molecule has 1 saturated carbocycles. The fourth-order valence-corrected chi connectivity index (χ4v) is 2.15. The molecule has 0 aromatic heterocycles. The molecule has 13 heavy (non-hydrogen) atoms. The molecule has 0 saturated heterocycles. The quantitative estimate of drug-likeness (QED) is 0.635. The van der Waals surface area contributed by atoms with Crippen LogP contribution in [0.2, 0.25) is 0 Å². The van der Waals surface area contributed by atoms with E-state index in [-0.39, 0.29) is 65.2 Å². The van der Waals surface area contributed by atoms with E-state index in [0.717, 1.165) is 12.3 Å². The van der Waals surface area contributed by atoms with Gasteiger partial charge < -0.3 is 5.11 Å². The molecular weight excluding hydrogens is 182 g/mol. The van der Waals surface area contributed by atoms with Crippen molar-refractivity contribution in [2.75, 3.05) is 0 Å². The van der Waals surface area contributed by atoms with E-state index in [2.05, 4.69) is 20.8 Å². The predicted octanol–water partition coefficient (Wildman–Crippen LogP) is 1.14. The van der Waals surface area contributed by atoms with Crippen LogP contribution in [0.1, 0.15) is 40.0 Å².